The molecule has 1 aliphatic heterocycles. The van der Waals surface area contributed by atoms with E-state index in [2.05, 4.69) is 45.3 Å². The molecule has 0 amide bonds. The molecule has 1 saturated heterocycles. The minimum atomic E-state index is -0.527. The molecular weight excluding hydrogens is 292 g/mol. The van der Waals surface area contributed by atoms with Gasteiger partial charge in [0.05, 0.1) is 5.60 Å². The van der Waals surface area contributed by atoms with Gasteiger partial charge in [0.25, 0.3) is 0 Å². The summed E-state index contributed by atoms with van der Waals surface area (Å²) in [5.41, 5.74) is 0.735. The molecule has 2 N–H and O–H groups in total. The Bertz CT molecular complexity index is 391. The molecule has 18 heavy (non-hydrogen) atoms. The second kappa shape index (κ2) is 6.15. The smallest absolute Gasteiger partial charge is 0.0798 e. The van der Waals surface area contributed by atoms with Crippen LogP contribution in [0, 0.1) is 0 Å². The van der Waals surface area contributed by atoms with Gasteiger partial charge in [-0.1, -0.05) is 34.1 Å². The molecule has 1 aromatic rings. The van der Waals surface area contributed by atoms with Crippen LogP contribution in [0.2, 0.25) is 0 Å². The second-order valence-electron chi connectivity index (χ2n) is 5.24. The van der Waals surface area contributed by atoms with E-state index in [1.807, 2.05) is 12.1 Å². The highest BCUT2D eigenvalue weighted by Crippen LogP contribution is 2.22. The van der Waals surface area contributed by atoms with Gasteiger partial charge in [-0.2, -0.15) is 0 Å². The fourth-order valence-corrected chi connectivity index (χ4v) is 2.94. The van der Waals surface area contributed by atoms with Gasteiger partial charge in [-0.05, 0) is 44.6 Å². The van der Waals surface area contributed by atoms with E-state index in [1.165, 1.54) is 5.56 Å². The molecule has 3 nitrogen and oxygen atoms in total. The summed E-state index contributed by atoms with van der Waals surface area (Å²) in [5, 5.41) is 13.8. The Morgan fingerprint density at radius 2 is 2.00 bits per heavy atom. The molecule has 0 aliphatic carbocycles. The van der Waals surface area contributed by atoms with Crippen molar-refractivity contribution >= 4 is 15.9 Å². The first kappa shape index (κ1) is 14.0. The van der Waals surface area contributed by atoms with Crippen molar-refractivity contribution in [1.82, 2.24) is 10.2 Å². The summed E-state index contributed by atoms with van der Waals surface area (Å²) in [4.78, 5) is 2.20. The van der Waals surface area contributed by atoms with Crippen molar-refractivity contribution in [2.24, 2.45) is 0 Å². The van der Waals surface area contributed by atoms with Gasteiger partial charge < -0.3 is 10.4 Å². The standard InChI is InChI=1S/C14H21BrN2O/c1-17(10-12-4-2-3-5-13(12)15)11-14(18)6-8-16-9-7-14/h2-5,16,18H,6-11H2,1H3. The number of nitrogens with one attached hydrogen (secondary N) is 1. The van der Waals surface area contributed by atoms with Gasteiger partial charge in [0, 0.05) is 17.6 Å². The van der Waals surface area contributed by atoms with Gasteiger partial charge in [-0.15, -0.1) is 0 Å². The molecule has 0 spiro atoms. The number of aliphatic hydroxyl groups is 1. The van der Waals surface area contributed by atoms with Crippen LogP contribution in [0.15, 0.2) is 28.7 Å². The van der Waals surface area contributed by atoms with Gasteiger partial charge in [0.2, 0.25) is 0 Å². The lowest BCUT2D eigenvalue weighted by Crippen LogP contribution is -2.48. The summed E-state index contributed by atoms with van der Waals surface area (Å²) >= 11 is 3.56. The Kier molecular flexibility index (Phi) is 4.78. The second-order valence-corrected chi connectivity index (χ2v) is 6.09. The zero-order chi connectivity index (χ0) is 13.0. The van der Waals surface area contributed by atoms with Crippen molar-refractivity contribution in [1.29, 1.82) is 0 Å². The van der Waals surface area contributed by atoms with Crippen LogP contribution in [0.4, 0.5) is 0 Å². The molecule has 0 saturated carbocycles. The number of hydrogen-bond donors (Lipinski definition) is 2. The van der Waals surface area contributed by atoms with Crippen molar-refractivity contribution in [2.75, 3.05) is 26.7 Å². The minimum Gasteiger partial charge on any atom is -0.388 e. The number of rotatable bonds is 4. The van der Waals surface area contributed by atoms with Gasteiger partial charge in [-0.25, -0.2) is 0 Å². The van der Waals surface area contributed by atoms with Crippen molar-refractivity contribution in [3.63, 3.8) is 0 Å². The molecule has 0 bridgehead atoms. The molecule has 1 heterocycles. The van der Waals surface area contributed by atoms with E-state index < -0.39 is 5.60 Å². The molecule has 1 fully saturated rings. The van der Waals surface area contributed by atoms with Crippen LogP contribution >= 0.6 is 15.9 Å². The largest absolute Gasteiger partial charge is 0.388 e. The first-order chi connectivity index (χ1) is 8.59. The fraction of sp³-hybridized carbons (Fsp3) is 0.571. The maximum Gasteiger partial charge on any atom is 0.0798 e. The first-order valence-electron chi connectivity index (χ1n) is 6.44. The summed E-state index contributed by atoms with van der Waals surface area (Å²) in [5.74, 6) is 0. The average molecular weight is 313 g/mol. The normalized spacial score (nSPS) is 19.1. The molecule has 0 aromatic heterocycles. The Morgan fingerprint density at radius 3 is 2.67 bits per heavy atom. The maximum absolute atomic E-state index is 10.5. The zero-order valence-corrected chi connectivity index (χ0v) is 12.4. The lowest BCUT2D eigenvalue weighted by molar-refractivity contribution is -0.0168. The molecule has 1 aromatic carbocycles. The van der Waals surface area contributed by atoms with Crippen LogP contribution in [0.5, 0.6) is 0 Å². The average Bonchev–Trinajstić information content (AvgIpc) is 2.32. The molecule has 100 valence electrons. The molecule has 0 atom stereocenters. The molecule has 2 rings (SSSR count). The molecule has 0 radical (unpaired) electrons. The third-order valence-electron chi connectivity index (χ3n) is 3.50. The zero-order valence-electron chi connectivity index (χ0n) is 10.8. The van der Waals surface area contributed by atoms with Crippen molar-refractivity contribution in [2.45, 2.75) is 25.0 Å². The predicted octanol–water partition coefficient (Wildman–Crippen LogP) is 2.00. The molecule has 0 unspecified atom stereocenters. The van der Waals surface area contributed by atoms with E-state index in [-0.39, 0.29) is 0 Å². The Hall–Kier alpha value is -0.420. The topological polar surface area (TPSA) is 35.5 Å². The Labute approximate surface area is 117 Å². The highest BCUT2D eigenvalue weighted by Gasteiger charge is 2.30. The number of halogens is 1. The number of nitrogens with zero attached hydrogens (tertiary/aromatic N) is 1. The van der Waals surface area contributed by atoms with Crippen LogP contribution in [0.1, 0.15) is 18.4 Å². The van der Waals surface area contributed by atoms with Crippen LogP contribution in [0.25, 0.3) is 0 Å². The Balaban J connectivity index is 1.92. The minimum absolute atomic E-state index is 0.527. The summed E-state index contributed by atoms with van der Waals surface area (Å²) in [6.45, 7) is 3.42. The van der Waals surface area contributed by atoms with Crippen molar-refractivity contribution in [3.8, 4) is 0 Å². The van der Waals surface area contributed by atoms with E-state index >= 15 is 0 Å². The molecule has 4 heteroatoms. The monoisotopic (exact) mass is 312 g/mol. The van der Waals surface area contributed by atoms with Crippen LogP contribution in [-0.4, -0.2) is 42.3 Å². The first-order valence-corrected chi connectivity index (χ1v) is 7.23. The summed E-state index contributed by atoms with van der Waals surface area (Å²) in [6.07, 6.45) is 1.68. The van der Waals surface area contributed by atoms with E-state index in [1.54, 1.807) is 0 Å². The van der Waals surface area contributed by atoms with Gasteiger partial charge in [-0.3, -0.25) is 4.90 Å². The third kappa shape index (κ3) is 3.79. The lowest BCUT2D eigenvalue weighted by atomic mass is 9.92. The number of likely N-dealkylation sites (N-methyl/N-ethyl adjacent to an activating group) is 1. The fourth-order valence-electron chi connectivity index (χ4n) is 2.53. The Morgan fingerprint density at radius 1 is 1.33 bits per heavy atom. The third-order valence-corrected chi connectivity index (χ3v) is 4.27. The molecule has 1 aliphatic rings. The number of benzene rings is 1. The lowest BCUT2D eigenvalue weighted by Gasteiger charge is -2.36. The van der Waals surface area contributed by atoms with Gasteiger partial charge in [0.15, 0.2) is 0 Å². The van der Waals surface area contributed by atoms with Gasteiger partial charge >= 0.3 is 0 Å². The quantitative estimate of drug-likeness (QED) is 0.892. The maximum atomic E-state index is 10.5. The predicted molar refractivity (Wildman–Crippen MR) is 77.5 cm³/mol. The van der Waals surface area contributed by atoms with Crippen LogP contribution in [-0.2, 0) is 6.54 Å². The highest BCUT2D eigenvalue weighted by molar-refractivity contribution is 9.10. The summed E-state index contributed by atoms with van der Waals surface area (Å²) < 4.78 is 1.13. The number of piperidine rings is 1. The van der Waals surface area contributed by atoms with E-state index in [0.29, 0.717) is 0 Å². The van der Waals surface area contributed by atoms with Crippen LogP contribution < -0.4 is 5.32 Å². The van der Waals surface area contributed by atoms with E-state index in [4.69, 9.17) is 0 Å². The van der Waals surface area contributed by atoms with Crippen LogP contribution in [0.3, 0.4) is 0 Å². The van der Waals surface area contributed by atoms with E-state index in [9.17, 15) is 5.11 Å². The van der Waals surface area contributed by atoms with Crippen molar-refractivity contribution < 1.29 is 5.11 Å². The summed E-state index contributed by atoms with van der Waals surface area (Å²) in [6, 6.07) is 8.25. The molecular formula is C14H21BrN2O. The van der Waals surface area contributed by atoms with E-state index in [0.717, 1.165) is 43.5 Å². The highest BCUT2D eigenvalue weighted by atomic mass is 79.9. The van der Waals surface area contributed by atoms with Gasteiger partial charge in [0.1, 0.15) is 0 Å². The summed E-state index contributed by atoms with van der Waals surface area (Å²) in [7, 11) is 2.07. The van der Waals surface area contributed by atoms with Crippen molar-refractivity contribution in [3.05, 3.63) is 34.3 Å². The number of hydrogen-bond acceptors (Lipinski definition) is 3. The SMILES string of the molecule is CN(Cc1ccccc1Br)CC1(O)CCNCC1.